The molecule has 1 heterocycles. The van der Waals surface area contributed by atoms with Gasteiger partial charge in [-0.2, -0.15) is 0 Å². The van der Waals surface area contributed by atoms with E-state index in [2.05, 4.69) is 10.3 Å². The van der Waals surface area contributed by atoms with E-state index in [4.69, 9.17) is 11.6 Å². The summed E-state index contributed by atoms with van der Waals surface area (Å²) in [7, 11) is 0. The van der Waals surface area contributed by atoms with Crippen molar-refractivity contribution in [3.05, 3.63) is 58.9 Å². The molecule has 2 nitrogen and oxygen atoms in total. The third-order valence-corrected chi connectivity index (χ3v) is 2.60. The van der Waals surface area contributed by atoms with Crippen LogP contribution >= 0.6 is 11.6 Å². The molecule has 2 rings (SSSR count). The van der Waals surface area contributed by atoms with Crippen LogP contribution in [0, 0.1) is 11.6 Å². The summed E-state index contributed by atoms with van der Waals surface area (Å²) in [5.74, 6) is -1.74. The average molecular weight is 255 g/mol. The van der Waals surface area contributed by atoms with Crippen molar-refractivity contribution in [2.24, 2.45) is 0 Å². The number of benzene rings is 1. The molecule has 88 valence electrons. The zero-order valence-corrected chi connectivity index (χ0v) is 9.51. The second kappa shape index (κ2) is 5.10. The van der Waals surface area contributed by atoms with Crippen molar-refractivity contribution in [2.45, 2.75) is 6.54 Å². The Hall–Kier alpha value is -1.68. The van der Waals surface area contributed by atoms with Gasteiger partial charge in [0, 0.05) is 30.7 Å². The standard InChI is InChI=1S/C12H9ClF2N2/c13-10-7-16-4-3-8(10)6-17-9-1-2-11(14)12(15)5-9/h1-5,7,17H,6H2. The topological polar surface area (TPSA) is 24.9 Å². The third-order valence-electron chi connectivity index (χ3n) is 2.26. The Morgan fingerprint density at radius 2 is 2.00 bits per heavy atom. The largest absolute Gasteiger partial charge is 0.381 e. The average Bonchev–Trinajstić information content (AvgIpc) is 2.32. The van der Waals surface area contributed by atoms with Gasteiger partial charge in [-0.1, -0.05) is 11.6 Å². The number of rotatable bonds is 3. The number of anilines is 1. The smallest absolute Gasteiger partial charge is 0.160 e. The van der Waals surface area contributed by atoms with Crippen molar-refractivity contribution in [1.82, 2.24) is 4.98 Å². The van der Waals surface area contributed by atoms with E-state index in [1.165, 1.54) is 12.3 Å². The van der Waals surface area contributed by atoms with E-state index in [1.807, 2.05) is 0 Å². The van der Waals surface area contributed by atoms with Gasteiger partial charge in [-0.15, -0.1) is 0 Å². The second-order valence-electron chi connectivity index (χ2n) is 3.45. The Labute approximate surface area is 102 Å². The first-order valence-electron chi connectivity index (χ1n) is 4.94. The zero-order valence-electron chi connectivity index (χ0n) is 8.75. The molecule has 0 aliphatic heterocycles. The van der Waals surface area contributed by atoms with Crippen LogP contribution in [0.25, 0.3) is 0 Å². The Kier molecular flexibility index (Phi) is 3.54. The van der Waals surface area contributed by atoms with E-state index in [0.29, 0.717) is 17.3 Å². The molecule has 0 saturated carbocycles. The van der Waals surface area contributed by atoms with Gasteiger partial charge in [0.05, 0.1) is 5.02 Å². The first-order chi connectivity index (χ1) is 8.16. The summed E-state index contributed by atoms with van der Waals surface area (Å²) >= 11 is 5.91. The molecular formula is C12H9ClF2N2. The molecule has 2 aromatic rings. The number of halogens is 3. The number of hydrogen-bond acceptors (Lipinski definition) is 2. The van der Waals surface area contributed by atoms with E-state index in [9.17, 15) is 8.78 Å². The quantitative estimate of drug-likeness (QED) is 0.905. The molecule has 0 radical (unpaired) electrons. The van der Waals surface area contributed by atoms with Crippen LogP contribution in [0.5, 0.6) is 0 Å². The minimum Gasteiger partial charge on any atom is -0.381 e. The molecule has 0 atom stereocenters. The molecule has 0 aliphatic carbocycles. The summed E-state index contributed by atoms with van der Waals surface area (Å²) in [6.07, 6.45) is 3.15. The van der Waals surface area contributed by atoms with Crippen molar-refractivity contribution < 1.29 is 8.78 Å². The molecule has 1 N–H and O–H groups in total. The first-order valence-corrected chi connectivity index (χ1v) is 5.32. The molecule has 0 amide bonds. The maximum atomic E-state index is 12.9. The fraction of sp³-hybridized carbons (Fsp3) is 0.0833. The van der Waals surface area contributed by atoms with Gasteiger partial charge in [0.25, 0.3) is 0 Å². The second-order valence-corrected chi connectivity index (χ2v) is 3.86. The predicted octanol–water partition coefficient (Wildman–Crippen LogP) is 3.63. The lowest BCUT2D eigenvalue weighted by molar-refractivity contribution is 0.509. The lowest BCUT2D eigenvalue weighted by atomic mass is 10.2. The Morgan fingerprint density at radius 1 is 1.18 bits per heavy atom. The molecule has 0 spiro atoms. The van der Waals surface area contributed by atoms with Crippen LogP contribution in [0.1, 0.15) is 5.56 Å². The van der Waals surface area contributed by atoms with Crippen LogP contribution in [0.15, 0.2) is 36.7 Å². The van der Waals surface area contributed by atoms with Crippen LogP contribution in [0.4, 0.5) is 14.5 Å². The third kappa shape index (κ3) is 2.91. The first kappa shape index (κ1) is 11.8. The van der Waals surface area contributed by atoms with Gasteiger partial charge in [0.1, 0.15) is 0 Å². The molecule has 0 saturated heterocycles. The van der Waals surface area contributed by atoms with Crippen LogP contribution in [-0.4, -0.2) is 4.98 Å². The van der Waals surface area contributed by atoms with E-state index < -0.39 is 11.6 Å². The highest BCUT2D eigenvalue weighted by atomic mass is 35.5. The van der Waals surface area contributed by atoms with Gasteiger partial charge in [0.15, 0.2) is 11.6 Å². The monoisotopic (exact) mass is 254 g/mol. The van der Waals surface area contributed by atoms with Crippen molar-refractivity contribution in [3.8, 4) is 0 Å². The van der Waals surface area contributed by atoms with Gasteiger partial charge >= 0.3 is 0 Å². The molecule has 1 aromatic heterocycles. The minimum atomic E-state index is -0.879. The van der Waals surface area contributed by atoms with Gasteiger partial charge < -0.3 is 5.32 Å². The van der Waals surface area contributed by atoms with Crippen LogP contribution in [0.2, 0.25) is 5.02 Å². The van der Waals surface area contributed by atoms with Gasteiger partial charge in [-0.25, -0.2) is 8.78 Å². The van der Waals surface area contributed by atoms with Gasteiger partial charge in [-0.3, -0.25) is 4.98 Å². The van der Waals surface area contributed by atoms with Crippen molar-refractivity contribution in [2.75, 3.05) is 5.32 Å². The number of nitrogens with zero attached hydrogens (tertiary/aromatic N) is 1. The number of pyridine rings is 1. The van der Waals surface area contributed by atoms with Crippen molar-refractivity contribution in [1.29, 1.82) is 0 Å². The van der Waals surface area contributed by atoms with E-state index in [-0.39, 0.29) is 0 Å². The highest BCUT2D eigenvalue weighted by molar-refractivity contribution is 6.31. The summed E-state index contributed by atoms with van der Waals surface area (Å²) in [6, 6.07) is 5.40. The van der Waals surface area contributed by atoms with Crippen LogP contribution < -0.4 is 5.32 Å². The molecule has 5 heteroatoms. The fourth-order valence-electron chi connectivity index (χ4n) is 1.35. The number of hydrogen-bond donors (Lipinski definition) is 1. The predicted molar refractivity (Wildman–Crippen MR) is 62.9 cm³/mol. The molecular weight excluding hydrogens is 246 g/mol. The maximum Gasteiger partial charge on any atom is 0.160 e. The Bertz CT molecular complexity index is 532. The lowest BCUT2D eigenvalue weighted by Crippen LogP contribution is -2.01. The molecule has 17 heavy (non-hydrogen) atoms. The number of nitrogens with one attached hydrogen (secondary N) is 1. The molecule has 0 aliphatic rings. The maximum absolute atomic E-state index is 12.9. The lowest BCUT2D eigenvalue weighted by Gasteiger charge is -2.07. The molecule has 1 aromatic carbocycles. The Morgan fingerprint density at radius 3 is 2.71 bits per heavy atom. The molecule has 0 bridgehead atoms. The summed E-state index contributed by atoms with van der Waals surface area (Å²) in [4.78, 5) is 3.86. The highest BCUT2D eigenvalue weighted by Gasteiger charge is 2.03. The Balaban J connectivity index is 2.08. The van der Waals surface area contributed by atoms with Crippen molar-refractivity contribution in [3.63, 3.8) is 0 Å². The summed E-state index contributed by atoms with van der Waals surface area (Å²) in [5.41, 5.74) is 1.34. The van der Waals surface area contributed by atoms with Gasteiger partial charge in [0.2, 0.25) is 0 Å². The van der Waals surface area contributed by atoms with Crippen LogP contribution in [-0.2, 0) is 6.54 Å². The summed E-state index contributed by atoms with van der Waals surface area (Å²) in [5, 5.41) is 3.48. The SMILES string of the molecule is Fc1ccc(NCc2ccncc2Cl)cc1F. The highest BCUT2D eigenvalue weighted by Crippen LogP contribution is 2.17. The van der Waals surface area contributed by atoms with Crippen LogP contribution in [0.3, 0.4) is 0 Å². The normalized spacial score (nSPS) is 10.3. The molecule has 0 unspecified atom stereocenters. The van der Waals surface area contributed by atoms with Gasteiger partial charge in [-0.05, 0) is 23.8 Å². The zero-order chi connectivity index (χ0) is 12.3. The minimum absolute atomic E-state index is 0.423. The molecule has 0 fully saturated rings. The summed E-state index contributed by atoms with van der Waals surface area (Å²) in [6.45, 7) is 0.423. The summed E-state index contributed by atoms with van der Waals surface area (Å²) < 4.78 is 25.6. The number of aromatic nitrogens is 1. The van der Waals surface area contributed by atoms with E-state index >= 15 is 0 Å². The van der Waals surface area contributed by atoms with Crippen molar-refractivity contribution >= 4 is 17.3 Å². The van der Waals surface area contributed by atoms with E-state index in [0.717, 1.165) is 17.7 Å². The fourth-order valence-corrected chi connectivity index (χ4v) is 1.54. The van der Waals surface area contributed by atoms with E-state index in [1.54, 1.807) is 12.3 Å².